The number of benzene rings is 1. The molecule has 1 aliphatic heterocycles. The van der Waals surface area contributed by atoms with Crippen LogP contribution in [0.3, 0.4) is 0 Å². The predicted octanol–water partition coefficient (Wildman–Crippen LogP) is 5.03. The number of hydrogen-bond acceptors (Lipinski definition) is 4. The standard InChI is InChI=1S/C27H27ClFN5O3/c1-14(2)33-20(18-12-22(35)31(4)13-21(18)37-6)11-19-25(33)24(16-7-9-17(28)10-8-16)34(27(19)36)26-23(29)15(3)30-32(26)5/h7-14,24H,1-6H3. The van der Waals surface area contributed by atoms with Crippen molar-refractivity contribution in [3.05, 3.63) is 86.3 Å². The molecule has 4 heterocycles. The normalized spacial score (nSPS) is 15.1. The Morgan fingerprint density at radius 2 is 1.76 bits per heavy atom. The zero-order valence-electron chi connectivity index (χ0n) is 21.4. The molecule has 10 heteroatoms. The molecular weight excluding hydrogens is 497 g/mol. The second kappa shape index (κ2) is 8.92. The molecule has 0 radical (unpaired) electrons. The molecule has 0 fully saturated rings. The van der Waals surface area contributed by atoms with E-state index >= 15 is 4.39 Å². The Morgan fingerprint density at radius 1 is 1.08 bits per heavy atom. The van der Waals surface area contributed by atoms with Gasteiger partial charge in [0, 0.05) is 43.0 Å². The van der Waals surface area contributed by atoms with Crippen LogP contribution in [-0.4, -0.2) is 31.9 Å². The number of nitrogens with zero attached hydrogens (tertiary/aromatic N) is 5. The van der Waals surface area contributed by atoms with Crippen molar-refractivity contribution in [1.29, 1.82) is 0 Å². The van der Waals surface area contributed by atoms with E-state index in [2.05, 4.69) is 5.10 Å². The van der Waals surface area contributed by atoms with Crippen molar-refractivity contribution < 1.29 is 13.9 Å². The number of carbonyl (C=O) groups is 1. The Kier molecular flexibility index (Phi) is 5.98. The second-order valence-corrected chi connectivity index (χ2v) is 9.91. The topological polar surface area (TPSA) is 74.3 Å². The lowest BCUT2D eigenvalue weighted by Gasteiger charge is -2.29. The molecule has 0 spiro atoms. The van der Waals surface area contributed by atoms with Crippen LogP contribution in [0.1, 0.15) is 53.2 Å². The number of halogens is 2. The fraction of sp³-hybridized carbons (Fsp3) is 0.296. The van der Waals surface area contributed by atoms with Gasteiger partial charge in [0.05, 0.1) is 29.8 Å². The molecule has 3 aromatic heterocycles. The average Bonchev–Trinajstić information content (AvgIpc) is 3.45. The number of fused-ring (bicyclic) bond motifs is 1. The number of aryl methyl sites for hydroxylation is 3. The van der Waals surface area contributed by atoms with Crippen molar-refractivity contribution in [2.24, 2.45) is 14.1 Å². The third-order valence-corrected chi connectivity index (χ3v) is 7.03. The first-order chi connectivity index (χ1) is 17.5. The van der Waals surface area contributed by atoms with E-state index in [4.69, 9.17) is 16.3 Å². The lowest BCUT2D eigenvalue weighted by atomic mass is 10.0. The summed E-state index contributed by atoms with van der Waals surface area (Å²) in [6.45, 7) is 5.56. The van der Waals surface area contributed by atoms with Crippen LogP contribution in [-0.2, 0) is 14.1 Å². The first-order valence-electron chi connectivity index (χ1n) is 11.8. The zero-order valence-corrected chi connectivity index (χ0v) is 22.2. The number of amides is 1. The van der Waals surface area contributed by atoms with Gasteiger partial charge in [-0.05, 0) is 44.5 Å². The first kappa shape index (κ1) is 24.8. The van der Waals surface area contributed by atoms with Crippen LogP contribution in [0.25, 0.3) is 11.3 Å². The van der Waals surface area contributed by atoms with Gasteiger partial charge < -0.3 is 13.9 Å². The van der Waals surface area contributed by atoms with Crippen LogP contribution in [0.4, 0.5) is 10.2 Å². The molecule has 1 aliphatic rings. The summed E-state index contributed by atoms with van der Waals surface area (Å²) in [6, 6.07) is 9.67. The summed E-state index contributed by atoms with van der Waals surface area (Å²) in [5.41, 5.74) is 3.12. The predicted molar refractivity (Wildman–Crippen MR) is 140 cm³/mol. The van der Waals surface area contributed by atoms with Crippen molar-refractivity contribution in [1.82, 2.24) is 18.9 Å². The van der Waals surface area contributed by atoms with Crippen LogP contribution in [0.2, 0.25) is 5.02 Å². The zero-order chi connectivity index (χ0) is 26.8. The van der Waals surface area contributed by atoms with Crippen molar-refractivity contribution in [2.75, 3.05) is 12.0 Å². The maximum atomic E-state index is 15.4. The molecular formula is C27H27ClFN5O3. The summed E-state index contributed by atoms with van der Waals surface area (Å²) < 4.78 is 25.8. The minimum atomic E-state index is -0.655. The summed E-state index contributed by atoms with van der Waals surface area (Å²) in [4.78, 5) is 28.1. The molecule has 0 saturated heterocycles. The largest absolute Gasteiger partial charge is 0.495 e. The highest BCUT2D eigenvalue weighted by Gasteiger charge is 2.45. The third-order valence-electron chi connectivity index (χ3n) is 6.78. The number of ether oxygens (including phenoxy) is 1. The number of methoxy groups -OCH3 is 1. The van der Waals surface area contributed by atoms with Crippen molar-refractivity contribution in [3.8, 4) is 17.0 Å². The smallest absolute Gasteiger partial charge is 0.262 e. The van der Waals surface area contributed by atoms with Crippen molar-refractivity contribution in [2.45, 2.75) is 32.9 Å². The fourth-order valence-corrected chi connectivity index (χ4v) is 5.27. The lowest BCUT2D eigenvalue weighted by molar-refractivity contribution is 0.0991. The average molecular weight is 524 g/mol. The van der Waals surface area contributed by atoms with Gasteiger partial charge in [-0.25, -0.2) is 9.07 Å². The number of rotatable bonds is 5. The van der Waals surface area contributed by atoms with E-state index in [1.165, 1.54) is 27.3 Å². The van der Waals surface area contributed by atoms with Crippen LogP contribution in [0.5, 0.6) is 5.75 Å². The summed E-state index contributed by atoms with van der Waals surface area (Å²) in [5, 5.41) is 4.76. The quantitative estimate of drug-likeness (QED) is 0.368. The van der Waals surface area contributed by atoms with Gasteiger partial charge in [-0.2, -0.15) is 5.10 Å². The van der Waals surface area contributed by atoms with E-state index in [1.807, 2.05) is 30.5 Å². The van der Waals surface area contributed by atoms with Crippen LogP contribution in [0.15, 0.2) is 47.4 Å². The van der Waals surface area contributed by atoms with E-state index in [0.717, 1.165) is 5.56 Å². The van der Waals surface area contributed by atoms with Crippen molar-refractivity contribution in [3.63, 3.8) is 0 Å². The molecule has 1 atom stereocenters. The molecule has 1 amide bonds. The molecule has 0 N–H and O–H groups in total. The summed E-state index contributed by atoms with van der Waals surface area (Å²) in [5.74, 6) is -0.327. The van der Waals surface area contributed by atoms with E-state index < -0.39 is 11.9 Å². The molecule has 192 valence electrons. The van der Waals surface area contributed by atoms with Gasteiger partial charge in [0.15, 0.2) is 11.6 Å². The van der Waals surface area contributed by atoms with E-state index in [-0.39, 0.29) is 29.0 Å². The van der Waals surface area contributed by atoms with Gasteiger partial charge in [0.1, 0.15) is 11.8 Å². The first-order valence-corrected chi connectivity index (χ1v) is 12.2. The number of aromatic nitrogens is 4. The minimum absolute atomic E-state index is 0.0849. The lowest BCUT2D eigenvalue weighted by Crippen LogP contribution is -2.32. The Bertz CT molecular complexity index is 1600. The van der Waals surface area contributed by atoms with Gasteiger partial charge in [0.2, 0.25) is 0 Å². The van der Waals surface area contributed by atoms with Crippen molar-refractivity contribution >= 4 is 23.3 Å². The third kappa shape index (κ3) is 3.76. The molecule has 0 bridgehead atoms. The number of anilines is 1. The maximum absolute atomic E-state index is 15.4. The Hall–Kier alpha value is -3.85. The molecule has 1 aromatic carbocycles. The number of carbonyl (C=O) groups excluding carboxylic acids is 1. The number of pyridine rings is 1. The number of hydrogen-bond donors (Lipinski definition) is 0. The van der Waals surface area contributed by atoms with E-state index in [9.17, 15) is 9.59 Å². The molecule has 0 saturated carbocycles. The highest BCUT2D eigenvalue weighted by molar-refractivity contribution is 6.30. The van der Waals surface area contributed by atoms with Crippen LogP contribution in [0, 0.1) is 12.7 Å². The van der Waals surface area contributed by atoms with Gasteiger partial charge in [0.25, 0.3) is 11.5 Å². The summed E-state index contributed by atoms with van der Waals surface area (Å²) in [7, 11) is 4.81. The Labute approximate surface area is 218 Å². The maximum Gasteiger partial charge on any atom is 0.262 e. The summed E-state index contributed by atoms with van der Waals surface area (Å²) >= 11 is 6.18. The highest BCUT2D eigenvalue weighted by Crippen LogP contribution is 2.47. The Balaban J connectivity index is 1.83. The van der Waals surface area contributed by atoms with Crippen LogP contribution >= 0.6 is 11.6 Å². The molecule has 4 aromatic rings. The van der Waals surface area contributed by atoms with Gasteiger partial charge in [-0.15, -0.1) is 0 Å². The molecule has 37 heavy (non-hydrogen) atoms. The van der Waals surface area contributed by atoms with Gasteiger partial charge in [-0.1, -0.05) is 23.7 Å². The van der Waals surface area contributed by atoms with Gasteiger partial charge in [-0.3, -0.25) is 14.5 Å². The monoisotopic (exact) mass is 523 g/mol. The minimum Gasteiger partial charge on any atom is -0.495 e. The molecule has 0 aliphatic carbocycles. The van der Waals surface area contributed by atoms with Gasteiger partial charge >= 0.3 is 0 Å². The summed E-state index contributed by atoms with van der Waals surface area (Å²) in [6.07, 6.45) is 1.62. The molecule has 8 nitrogen and oxygen atoms in total. The van der Waals surface area contributed by atoms with E-state index in [0.29, 0.717) is 33.3 Å². The van der Waals surface area contributed by atoms with Crippen LogP contribution < -0.4 is 15.2 Å². The Morgan fingerprint density at radius 3 is 2.32 bits per heavy atom. The SMILES string of the molecule is COc1cn(C)c(=O)cc1-c1cc2c(n1C(C)C)C(c1ccc(Cl)cc1)N(c1c(F)c(C)nn1C)C2=O. The molecule has 1 unspecified atom stereocenters. The fourth-order valence-electron chi connectivity index (χ4n) is 5.14. The highest BCUT2D eigenvalue weighted by atomic mass is 35.5. The van der Waals surface area contributed by atoms with E-state index in [1.54, 1.807) is 45.4 Å². The molecule has 5 rings (SSSR count). The second-order valence-electron chi connectivity index (χ2n) is 9.47.